The Morgan fingerprint density at radius 2 is 2.00 bits per heavy atom. The first kappa shape index (κ1) is 19.0. The van der Waals surface area contributed by atoms with Crippen LogP contribution < -0.4 is 11.1 Å². The molecule has 0 radical (unpaired) electrons. The Balaban J connectivity index is 0.00000208. The van der Waals surface area contributed by atoms with Crippen molar-refractivity contribution in [3.8, 4) is 0 Å². The Hall–Kier alpha value is -1.36. The van der Waals surface area contributed by atoms with Crippen molar-refractivity contribution in [2.24, 2.45) is 11.7 Å². The molecule has 130 valence electrons. The first-order chi connectivity index (χ1) is 11.2. The lowest BCUT2D eigenvalue weighted by molar-refractivity contribution is -0.126. The fourth-order valence-electron chi connectivity index (χ4n) is 3.32. The second-order valence-electron chi connectivity index (χ2n) is 6.39. The van der Waals surface area contributed by atoms with Gasteiger partial charge in [-0.1, -0.05) is 42.8 Å². The van der Waals surface area contributed by atoms with E-state index in [4.69, 9.17) is 5.73 Å². The zero-order valence-electron chi connectivity index (χ0n) is 13.7. The first-order valence-electron chi connectivity index (χ1n) is 8.35. The van der Waals surface area contributed by atoms with E-state index >= 15 is 0 Å². The molecule has 1 heterocycles. The molecule has 5 heteroatoms. The number of nitrogens with one attached hydrogen (secondary N) is 1. The van der Waals surface area contributed by atoms with Crippen LogP contribution in [-0.4, -0.2) is 11.9 Å². The van der Waals surface area contributed by atoms with Crippen LogP contribution in [0.3, 0.4) is 0 Å². The standard InChI is InChI=1S/C19H24N2OS.ClH/c20-16-9-4-8-15(13-16)19(22)21-17(18-10-5-11-23-18)12-14-6-2-1-3-7-14;/h1-3,5-7,10-11,15-17H,4,8-9,12-13,20H2,(H,21,22);1H. The zero-order chi connectivity index (χ0) is 16.1. The molecule has 1 amide bonds. The summed E-state index contributed by atoms with van der Waals surface area (Å²) in [4.78, 5) is 13.9. The Bertz CT molecular complexity index is 618. The van der Waals surface area contributed by atoms with E-state index in [0.29, 0.717) is 0 Å². The van der Waals surface area contributed by atoms with E-state index in [0.717, 1.165) is 32.1 Å². The molecule has 3 unspecified atom stereocenters. The van der Waals surface area contributed by atoms with Gasteiger partial charge in [0.25, 0.3) is 0 Å². The molecule has 1 aromatic heterocycles. The lowest BCUT2D eigenvalue weighted by Gasteiger charge is -2.27. The van der Waals surface area contributed by atoms with Gasteiger partial charge >= 0.3 is 0 Å². The molecule has 3 N–H and O–H groups in total. The molecule has 0 bridgehead atoms. The number of hydrogen-bond acceptors (Lipinski definition) is 3. The summed E-state index contributed by atoms with van der Waals surface area (Å²) in [5.41, 5.74) is 7.28. The maximum atomic E-state index is 12.7. The van der Waals surface area contributed by atoms with Crippen LogP contribution in [0.4, 0.5) is 0 Å². The monoisotopic (exact) mass is 364 g/mol. The van der Waals surface area contributed by atoms with Gasteiger partial charge in [0.1, 0.15) is 0 Å². The Morgan fingerprint density at radius 1 is 1.21 bits per heavy atom. The quantitative estimate of drug-likeness (QED) is 0.839. The summed E-state index contributed by atoms with van der Waals surface area (Å²) in [5, 5.41) is 5.34. The second-order valence-corrected chi connectivity index (χ2v) is 7.37. The maximum absolute atomic E-state index is 12.7. The highest BCUT2D eigenvalue weighted by Crippen LogP contribution is 2.27. The van der Waals surface area contributed by atoms with Gasteiger partial charge in [0.2, 0.25) is 5.91 Å². The van der Waals surface area contributed by atoms with Crippen molar-refractivity contribution < 1.29 is 4.79 Å². The van der Waals surface area contributed by atoms with Crippen LogP contribution in [0, 0.1) is 5.92 Å². The molecule has 3 rings (SSSR count). The Morgan fingerprint density at radius 3 is 2.67 bits per heavy atom. The van der Waals surface area contributed by atoms with Crippen molar-refractivity contribution in [2.75, 3.05) is 0 Å². The average Bonchev–Trinajstić information content (AvgIpc) is 3.09. The summed E-state index contributed by atoms with van der Waals surface area (Å²) >= 11 is 1.70. The number of halogens is 1. The molecule has 3 atom stereocenters. The van der Waals surface area contributed by atoms with Crippen LogP contribution in [0.2, 0.25) is 0 Å². The predicted octanol–water partition coefficient (Wildman–Crippen LogP) is 4.09. The third-order valence-electron chi connectivity index (χ3n) is 4.57. The van der Waals surface area contributed by atoms with Gasteiger partial charge in [-0.05, 0) is 42.7 Å². The molecule has 1 aliphatic rings. The third kappa shape index (κ3) is 5.07. The van der Waals surface area contributed by atoms with Gasteiger partial charge < -0.3 is 11.1 Å². The van der Waals surface area contributed by atoms with E-state index in [9.17, 15) is 4.79 Å². The minimum atomic E-state index is 0. The number of thiophene rings is 1. The maximum Gasteiger partial charge on any atom is 0.223 e. The highest BCUT2D eigenvalue weighted by molar-refractivity contribution is 7.10. The number of nitrogens with two attached hydrogens (primary N) is 1. The molecule has 24 heavy (non-hydrogen) atoms. The molecule has 1 saturated carbocycles. The van der Waals surface area contributed by atoms with E-state index in [1.54, 1.807) is 11.3 Å². The van der Waals surface area contributed by atoms with Gasteiger partial charge in [0, 0.05) is 16.8 Å². The zero-order valence-corrected chi connectivity index (χ0v) is 15.3. The molecule has 1 aliphatic carbocycles. The number of carbonyl (C=O) groups is 1. The minimum Gasteiger partial charge on any atom is -0.348 e. The van der Waals surface area contributed by atoms with Crippen LogP contribution in [0.5, 0.6) is 0 Å². The third-order valence-corrected chi connectivity index (χ3v) is 5.56. The summed E-state index contributed by atoms with van der Waals surface area (Å²) < 4.78 is 0. The normalized spacial score (nSPS) is 21.5. The van der Waals surface area contributed by atoms with Gasteiger partial charge in [-0.2, -0.15) is 0 Å². The summed E-state index contributed by atoms with van der Waals surface area (Å²) in [6.45, 7) is 0. The van der Waals surface area contributed by atoms with Gasteiger partial charge in [0.15, 0.2) is 0 Å². The number of amides is 1. The molecule has 2 aromatic rings. The highest BCUT2D eigenvalue weighted by atomic mass is 35.5. The van der Waals surface area contributed by atoms with Gasteiger partial charge in [-0.3, -0.25) is 4.79 Å². The van der Waals surface area contributed by atoms with Crippen LogP contribution in [-0.2, 0) is 11.2 Å². The fraction of sp³-hybridized carbons (Fsp3) is 0.421. The van der Waals surface area contributed by atoms with Gasteiger partial charge in [-0.15, -0.1) is 23.7 Å². The van der Waals surface area contributed by atoms with Crippen molar-refractivity contribution in [1.29, 1.82) is 0 Å². The van der Waals surface area contributed by atoms with Crippen molar-refractivity contribution in [3.05, 3.63) is 58.3 Å². The predicted molar refractivity (Wildman–Crippen MR) is 103 cm³/mol. The smallest absolute Gasteiger partial charge is 0.223 e. The molecule has 1 fully saturated rings. The van der Waals surface area contributed by atoms with Crippen molar-refractivity contribution in [3.63, 3.8) is 0 Å². The van der Waals surface area contributed by atoms with Crippen molar-refractivity contribution in [2.45, 2.75) is 44.2 Å². The van der Waals surface area contributed by atoms with Gasteiger partial charge in [-0.25, -0.2) is 0 Å². The van der Waals surface area contributed by atoms with E-state index < -0.39 is 0 Å². The molecular weight excluding hydrogens is 340 g/mol. The number of hydrogen-bond donors (Lipinski definition) is 2. The van der Waals surface area contributed by atoms with Crippen molar-refractivity contribution >= 4 is 29.7 Å². The number of carbonyl (C=O) groups excluding carboxylic acids is 1. The van der Waals surface area contributed by atoms with Crippen molar-refractivity contribution in [1.82, 2.24) is 5.32 Å². The van der Waals surface area contributed by atoms with Crippen LogP contribution >= 0.6 is 23.7 Å². The molecular formula is C19H25ClN2OS. The minimum absolute atomic E-state index is 0. The molecule has 0 aliphatic heterocycles. The SMILES string of the molecule is Cl.NC1CCCC(C(=O)NC(Cc2ccccc2)c2cccs2)C1. The van der Waals surface area contributed by atoms with Crippen LogP contribution in [0.1, 0.15) is 42.2 Å². The molecule has 0 spiro atoms. The fourth-order valence-corrected chi connectivity index (χ4v) is 4.10. The van der Waals surface area contributed by atoms with E-state index in [1.165, 1.54) is 10.4 Å². The summed E-state index contributed by atoms with van der Waals surface area (Å²) in [7, 11) is 0. The number of benzene rings is 1. The largest absolute Gasteiger partial charge is 0.348 e. The van der Waals surface area contributed by atoms with Crippen LogP contribution in [0.15, 0.2) is 47.8 Å². The lowest BCUT2D eigenvalue weighted by Crippen LogP contribution is -2.39. The van der Waals surface area contributed by atoms with Crippen LogP contribution in [0.25, 0.3) is 0 Å². The Kier molecular flexibility index (Phi) is 7.28. The summed E-state index contributed by atoms with van der Waals surface area (Å²) in [6, 6.07) is 14.7. The molecule has 3 nitrogen and oxygen atoms in total. The van der Waals surface area contributed by atoms with Gasteiger partial charge in [0.05, 0.1) is 6.04 Å². The highest BCUT2D eigenvalue weighted by Gasteiger charge is 2.27. The first-order valence-corrected chi connectivity index (χ1v) is 9.23. The summed E-state index contributed by atoms with van der Waals surface area (Å²) in [6.07, 6.45) is 4.70. The van der Waals surface area contributed by atoms with E-state index in [2.05, 4.69) is 28.9 Å². The van der Waals surface area contributed by atoms with E-state index in [-0.39, 0.29) is 36.3 Å². The number of rotatable bonds is 5. The Labute approximate surface area is 154 Å². The topological polar surface area (TPSA) is 55.1 Å². The van der Waals surface area contributed by atoms with E-state index in [1.807, 2.05) is 24.3 Å². The average molecular weight is 365 g/mol. The summed E-state index contributed by atoms with van der Waals surface area (Å²) in [5.74, 6) is 0.228. The molecule has 0 saturated heterocycles. The molecule has 1 aromatic carbocycles. The second kappa shape index (κ2) is 9.21. The lowest BCUT2D eigenvalue weighted by atomic mass is 9.85.